The van der Waals surface area contributed by atoms with Crippen LogP contribution in [-0.2, 0) is 19.5 Å². The number of carbonyl (C=O) groups excluding carboxylic acids is 1. The zero-order chi connectivity index (χ0) is 16.2. The number of benzene rings is 1. The van der Waals surface area contributed by atoms with Gasteiger partial charge in [-0.25, -0.2) is 9.78 Å². The Hall–Kier alpha value is -2.30. The van der Waals surface area contributed by atoms with Gasteiger partial charge in [0.2, 0.25) is 0 Å². The molecule has 3 rings (SSSR count). The highest BCUT2D eigenvalue weighted by Crippen LogP contribution is 2.33. The number of aromatic nitrogens is 2. The lowest BCUT2D eigenvalue weighted by atomic mass is 9.87. The Labute approximate surface area is 137 Å². The van der Waals surface area contributed by atoms with Crippen LogP contribution in [0, 0.1) is 0 Å². The Bertz CT molecular complexity index is 679. The van der Waals surface area contributed by atoms with Gasteiger partial charge in [0.05, 0.1) is 24.6 Å². The van der Waals surface area contributed by atoms with Crippen LogP contribution < -0.4 is 5.32 Å². The molecule has 5 heteroatoms. The molecule has 0 aliphatic heterocycles. The SMILES string of the molecule is CCn1cncc1CNC(=O)N(C)C1CCCc2ccccc21. The molecule has 1 aromatic heterocycles. The molecule has 1 aliphatic rings. The van der Waals surface area contributed by atoms with Gasteiger partial charge in [-0.15, -0.1) is 0 Å². The largest absolute Gasteiger partial charge is 0.333 e. The smallest absolute Gasteiger partial charge is 0.317 e. The second-order valence-electron chi connectivity index (χ2n) is 6.05. The number of rotatable bonds is 4. The first kappa shape index (κ1) is 15.6. The summed E-state index contributed by atoms with van der Waals surface area (Å²) < 4.78 is 2.04. The van der Waals surface area contributed by atoms with Crippen molar-refractivity contribution >= 4 is 6.03 Å². The molecule has 1 heterocycles. The van der Waals surface area contributed by atoms with E-state index in [1.54, 1.807) is 12.5 Å². The lowest BCUT2D eigenvalue weighted by molar-refractivity contribution is 0.183. The first-order valence-corrected chi connectivity index (χ1v) is 8.28. The molecule has 5 nitrogen and oxygen atoms in total. The molecule has 2 amide bonds. The first-order valence-electron chi connectivity index (χ1n) is 8.28. The Morgan fingerprint density at radius 3 is 3.09 bits per heavy atom. The van der Waals surface area contributed by atoms with Crippen molar-refractivity contribution in [3.8, 4) is 0 Å². The van der Waals surface area contributed by atoms with Gasteiger partial charge in [-0.1, -0.05) is 24.3 Å². The monoisotopic (exact) mass is 312 g/mol. The van der Waals surface area contributed by atoms with E-state index in [1.165, 1.54) is 11.1 Å². The minimum absolute atomic E-state index is 0.0319. The van der Waals surface area contributed by atoms with E-state index < -0.39 is 0 Å². The fraction of sp³-hybridized carbons (Fsp3) is 0.444. The summed E-state index contributed by atoms with van der Waals surface area (Å²) in [4.78, 5) is 18.5. The third-order valence-corrected chi connectivity index (χ3v) is 4.69. The second kappa shape index (κ2) is 6.86. The van der Waals surface area contributed by atoms with Gasteiger partial charge >= 0.3 is 6.03 Å². The maximum atomic E-state index is 12.5. The van der Waals surface area contributed by atoms with Gasteiger partial charge in [-0.05, 0) is 37.3 Å². The van der Waals surface area contributed by atoms with E-state index in [2.05, 4.69) is 41.5 Å². The number of urea groups is 1. The summed E-state index contributed by atoms with van der Waals surface area (Å²) in [5, 5.41) is 3.01. The van der Waals surface area contributed by atoms with Crippen molar-refractivity contribution in [2.45, 2.75) is 45.3 Å². The molecule has 1 atom stereocenters. The number of nitrogens with one attached hydrogen (secondary N) is 1. The average molecular weight is 312 g/mol. The van der Waals surface area contributed by atoms with E-state index >= 15 is 0 Å². The zero-order valence-electron chi connectivity index (χ0n) is 13.8. The second-order valence-corrected chi connectivity index (χ2v) is 6.05. The molecule has 1 aliphatic carbocycles. The fourth-order valence-corrected chi connectivity index (χ4v) is 3.34. The quantitative estimate of drug-likeness (QED) is 0.943. The summed E-state index contributed by atoms with van der Waals surface area (Å²) in [6, 6.07) is 8.59. The molecular formula is C18H24N4O. The molecule has 0 radical (unpaired) electrons. The highest BCUT2D eigenvalue weighted by molar-refractivity contribution is 5.74. The number of hydrogen-bond donors (Lipinski definition) is 1. The molecule has 0 fully saturated rings. The molecule has 122 valence electrons. The van der Waals surface area contributed by atoms with Gasteiger partial charge < -0.3 is 14.8 Å². The van der Waals surface area contributed by atoms with Crippen LogP contribution in [0.15, 0.2) is 36.8 Å². The third kappa shape index (κ3) is 3.23. The summed E-state index contributed by atoms with van der Waals surface area (Å²) in [6.07, 6.45) is 6.86. The van der Waals surface area contributed by atoms with Gasteiger partial charge in [0, 0.05) is 19.8 Å². The van der Waals surface area contributed by atoms with Crippen LogP contribution in [0.2, 0.25) is 0 Å². The van der Waals surface area contributed by atoms with Gasteiger partial charge in [0.15, 0.2) is 0 Å². The number of hydrogen-bond acceptors (Lipinski definition) is 2. The normalized spacial score (nSPS) is 16.7. The van der Waals surface area contributed by atoms with Crippen molar-refractivity contribution in [1.29, 1.82) is 0 Å². The number of nitrogens with zero attached hydrogens (tertiary/aromatic N) is 3. The van der Waals surface area contributed by atoms with E-state index in [-0.39, 0.29) is 12.1 Å². The number of aryl methyl sites for hydroxylation is 2. The molecule has 1 N–H and O–H groups in total. The van der Waals surface area contributed by atoms with E-state index in [0.717, 1.165) is 31.5 Å². The molecular weight excluding hydrogens is 288 g/mol. The zero-order valence-corrected chi connectivity index (χ0v) is 13.8. The lowest BCUT2D eigenvalue weighted by Gasteiger charge is -2.33. The van der Waals surface area contributed by atoms with Crippen molar-refractivity contribution in [3.63, 3.8) is 0 Å². The molecule has 0 bridgehead atoms. The summed E-state index contributed by atoms with van der Waals surface area (Å²) >= 11 is 0. The van der Waals surface area contributed by atoms with Crippen LogP contribution in [0.3, 0.4) is 0 Å². The predicted octanol–water partition coefficient (Wildman–Crippen LogP) is 3.12. The number of amides is 2. The molecule has 1 unspecified atom stereocenters. The predicted molar refractivity (Wildman–Crippen MR) is 90.0 cm³/mol. The standard InChI is InChI=1S/C18H24N4O/c1-3-22-13-19-11-15(22)12-20-18(23)21(2)17-10-6-8-14-7-4-5-9-16(14)17/h4-5,7,9,11,13,17H,3,6,8,10,12H2,1-2H3,(H,20,23). The summed E-state index contributed by atoms with van der Waals surface area (Å²) in [7, 11) is 1.89. The van der Waals surface area contributed by atoms with E-state index in [4.69, 9.17) is 0 Å². The Balaban J connectivity index is 1.66. The van der Waals surface area contributed by atoms with E-state index in [1.807, 2.05) is 16.5 Å². The molecule has 0 saturated heterocycles. The molecule has 0 saturated carbocycles. The van der Waals surface area contributed by atoms with E-state index in [9.17, 15) is 4.79 Å². The highest BCUT2D eigenvalue weighted by Gasteiger charge is 2.26. The number of imidazole rings is 1. The number of fused-ring (bicyclic) bond motifs is 1. The summed E-state index contributed by atoms with van der Waals surface area (Å²) in [6.45, 7) is 3.43. The van der Waals surface area contributed by atoms with Crippen molar-refractivity contribution in [3.05, 3.63) is 53.6 Å². The van der Waals surface area contributed by atoms with Crippen LogP contribution in [0.5, 0.6) is 0 Å². The van der Waals surface area contributed by atoms with Gasteiger partial charge in [-0.3, -0.25) is 0 Å². The van der Waals surface area contributed by atoms with E-state index in [0.29, 0.717) is 6.54 Å². The maximum Gasteiger partial charge on any atom is 0.317 e. The maximum absolute atomic E-state index is 12.5. The van der Waals surface area contributed by atoms with Crippen LogP contribution in [0.25, 0.3) is 0 Å². The van der Waals surface area contributed by atoms with Crippen LogP contribution in [-0.4, -0.2) is 27.5 Å². The topological polar surface area (TPSA) is 50.2 Å². The van der Waals surface area contributed by atoms with Crippen molar-refractivity contribution in [2.75, 3.05) is 7.05 Å². The molecule has 0 spiro atoms. The van der Waals surface area contributed by atoms with Gasteiger partial charge in [0.1, 0.15) is 0 Å². The van der Waals surface area contributed by atoms with Crippen molar-refractivity contribution in [1.82, 2.24) is 19.8 Å². The van der Waals surface area contributed by atoms with Gasteiger partial charge in [-0.2, -0.15) is 0 Å². The average Bonchev–Trinajstić information content (AvgIpc) is 3.06. The Morgan fingerprint density at radius 1 is 1.43 bits per heavy atom. The summed E-state index contributed by atoms with van der Waals surface area (Å²) in [5.74, 6) is 0. The first-order chi connectivity index (χ1) is 11.2. The fourth-order valence-electron chi connectivity index (χ4n) is 3.34. The van der Waals surface area contributed by atoms with Crippen molar-refractivity contribution < 1.29 is 4.79 Å². The minimum Gasteiger partial charge on any atom is -0.333 e. The third-order valence-electron chi connectivity index (χ3n) is 4.69. The minimum atomic E-state index is -0.0319. The van der Waals surface area contributed by atoms with Crippen LogP contribution in [0.4, 0.5) is 4.79 Å². The number of carbonyl (C=O) groups is 1. The Kier molecular flexibility index (Phi) is 4.65. The van der Waals surface area contributed by atoms with Crippen molar-refractivity contribution in [2.24, 2.45) is 0 Å². The molecule has 1 aromatic carbocycles. The Morgan fingerprint density at radius 2 is 2.26 bits per heavy atom. The highest BCUT2D eigenvalue weighted by atomic mass is 16.2. The molecule has 2 aromatic rings. The molecule has 23 heavy (non-hydrogen) atoms. The lowest BCUT2D eigenvalue weighted by Crippen LogP contribution is -2.40. The van der Waals surface area contributed by atoms with Gasteiger partial charge in [0.25, 0.3) is 0 Å². The summed E-state index contributed by atoms with van der Waals surface area (Å²) in [5.41, 5.74) is 3.68. The van der Waals surface area contributed by atoms with Crippen LogP contribution in [0.1, 0.15) is 42.6 Å². The van der Waals surface area contributed by atoms with Crippen LogP contribution >= 0.6 is 0 Å².